The van der Waals surface area contributed by atoms with Crippen LogP contribution in [0.2, 0.25) is 0 Å². The van der Waals surface area contributed by atoms with E-state index in [0.717, 1.165) is 12.0 Å². The molecule has 0 aliphatic carbocycles. The molecular formula is C16H22N2O7. The van der Waals surface area contributed by atoms with Gasteiger partial charge in [-0.15, -0.1) is 0 Å². The molecule has 0 bridgehead atoms. The van der Waals surface area contributed by atoms with Crippen molar-refractivity contribution in [3.8, 4) is 5.75 Å². The van der Waals surface area contributed by atoms with Crippen molar-refractivity contribution in [2.45, 2.75) is 39.3 Å². The van der Waals surface area contributed by atoms with Crippen molar-refractivity contribution >= 4 is 23.4 Å². The van der Waals surface area contributed by atoms with Crippen molar-refractivity contribution in [1.82, 2.24) is 0 Å². The summed E-state index contributed by atoms with van der Waals surface area (Å²) in [5.41, 5.74) is -1.36. The van der Waals surface area contributed by atoms with Crippen LogP contribution in [0, 0.1) is 10.1 Å². The number of amides is 1. The number of hydrogen-bond acceptors (Lipinski definition) is 7. The smallest absolute Gasteiger partial charge is 0.415 e. The molecule has 0 aliphatic heterocycles. The standard InChI is InChI=1S/C16H22N2O7/c1-10(14(19)24-6)17(15(20)25-16(2,3)4)13-9-11(23-5)7-8-12(13)18(21)22/h7-10H,1-6H3. The number of nitro groups is 1. The maximum Gasteiger partial charge on any atom is 0.415 e. The fraction of sp³-hybridized carbons (Fsp3) is 0.500. The number of nitro benzene ring substituents is 1. The Morgan fingerprint density at radius 2 is 1.84 bits per heavy atom. The topological polar surface area (TPSA) is 108 Å². The van der Waals surface area contributed by atoms with Crippen molar-refractivity contribution in [3.63, 3.8) is 0 Å². The van der Waals surface area contributed by atoms with Gasteiger partial charge in [0.2, 0.25) is 0 Å². The average Bonchev–Trinajstić information content (AvgIpc) is 2.51. The second kappa shape index (κ2) is 7.82. The minimum absolute atomic E-state index is 0.128. The number of rotatable bonds is 5. The molecule has 0 saturated heterocycles. The molecule has 0 N–H and O–H groups in total. The lowest BCUT2D eigenvalue weighted by molar-refractivity contribution is -0.384. The molecule has 1 amide bonds. The Balaban J connectivity index is 3.53. The van der Waals surface area contributed by atoms with E-state index < -0.39 is 28.6 Å². The zero-order valence-corrected chi connectivity index (χ0v) is 15.1. The van der Waals surface area contributed by atoms with Crippen molar-refractivity contribution in [3.05, 3.63) is 28.3 Å². The van der Waals surface area contributed by atoms with Crippen LogP contribution in [0.5, 0.6) is 5.75 Å². The SMILES string of the molecule is COC(=O)C(C)N(C(=O)OC(C)(C)C)c1cc(OC)ccc1[N+](=O)[O-]. The zero-order chi connectivity index (χ0) is 19.4. The summed E-state index contributed by atoms with van der Waals surface area (Å²) in [5.74, 6) is -0.464. The highest BCUT2D eigenvalue weighted by Crippen LogP contribution is 2.34. The van der Waals surface area contributed by atoms with Crippen LogP contribution >= 0.6 is 0 Å². The first kappa shape index (κ1) is 20.2. The molecule has 25 heavy (non-hydrogen) atoms. The fourth-order valence-corrected chi connectivity index (χ4v) is 2.03. The second-order valence-corrected chi connectivity index (χ2v) is 6.16. The van der Waals surface area contributed by atoms with Crippen LogP contribution in [-0.2, 0) is 14.3 Å². The summed E-state index contributed by atoms with van der Waals surface area (Å²) in [6, 6.07) is 2.72. The second-order valence-electron chi connectivity index (χ2n) is 6.16. The van der Waals surface area contributed by atoms with Gasteiger partial charge in [-0.2, -0.15) is 0 Å². The van der Waals surface area contributed by atoms with Crippen LogP contribution in [0.4, 0.5) is 16.2 Å². The monoisotopic (exact) mass is 354 g/mol. The highest BCUT2D eigenvalue weighted by molar-refractivity contribution is 5.98. The van der Waals surface area contributed by atoms with Gasteiger partial charge in [0.15, 0.2) is 0 Å². The summed E-state index contributed by atoms with van der Waals surface area (Å²) in [5, 5.41) is 11.4. The van der Waals surface area contributed by atoms with Gasteiger partial charge >= 0.3 is 12.1 Å². The van der Waals surface area contributed by atoms with Gasteiger partial charge in [-0.1, -0.05) is 0 Å². The lowest BCUT2D eigenvalue weighted by Gasteiger charge is -2.30. The fourth-order valence-electron chi connectivity index (χ4n) is 2.03. The lowest BCUT2D eigenvalue weighted by atomic mass is 10.2. The summed E-state index contributed by atoms with van der Waals surface area (Å²) in [6.07, 6.45) is -0.915. The number of hydrogen-bond donors (Lipinski definition) is 0. The number of nitrogens with zero attached hydrogens (tertiary/aromatic N) is 2. The van der Waals surface area contributed by atoms with Gasteiger partial charge in [-0.25, -0.2) is 9.59 Å². The van der Waals surface area contributed by atoms with E-state index in [4.69, 9.17) is 9.47 Å². The Morgan fingerprint density at radius 3 is 2.28 bits per heavy atom. The molecule has 9 heteroatoms. The minimum Gasteiger partial charge on any atom is -0.497 e. The van der Waals surface area contributed by atoms with Crippen LogP contribution in [0.1, 0.15) is 27.7 Å². The predicted octanol–water partition coefficient (Wildman–Crippen LogP) is 2.91. The Labute approximate surface area is 145 Å². The van der Waals surface area contributed by atoms with Crippen LogP contribution in [0.15, 0.2) is 18.2 Å². The number of esters is 1. The lowest BCUT2D eigenvalue weighted by Crippen LogP contribution is -2.46. The summed E-state index contributed by atoms with van der Waals surface area (Å²) >= 11 is 0. The zero-order valence-electron chi connectivity index (χ0n) is 15.1. The third kappa shape index (κ3) is 5.07. The highest BCUT2D eigenvalue weighted by Gasteiger charge is 2.36. The molecule has 1 atom stereocenters. The number of anilines is 1. The van der Waals surface area contributed by atoms with Gasteiger partial charge in [-0.05, 0) is 33.8 Å². The summed E-state index contributed by atoms with van der Waals surface area (Å²) in [4.78, 5) is 36.2. The van der Waals surface area contributed by atoms with Crippen molar-refractivity contribution < 1.29 is 28.7 Å². The van der Waals surface area contributed by atoms with Gasteiger partial charge < -0.3 is 14.2 Å². The molecule has 1 aromatic carbocycles. The molecular weight excluding hydrogens is 332 g/mol. The van der Waals surface area contributed by atoms with E-state index in [-0.39, 0.29) is 17.1 Å². The van der Waals surface area contributed by atoms with Gasteiger partial charge in [0.05, 0.1) is 19.1 Å². The van der Waals surface area contributed by atoms with E-state index >= 15 is 0 Å². The van der Waals surface area contributed by atoms with E-state index in [2.05, 4.69) is 4.74 Å². The van der Waals surface area contributed by atoms with Crippen molar-refractivity contribution in [2.75, 3.05) is 19.1 Å². The van der Waals surface area contributed by atoms with Crippen molar-refractivity contribution in [2.24, 2.45) is 0 Å². The van der Waals surface area contributed by atoms with Crippen LogP contribution in [0.3, 0.4) is 0 Å². The van der Waals surface area contributed by atoms with E-state index in [0.29, 0.717) is 0 Å². The maximum atomic E-state index is 12.6. The average molecular weight is 354 g/mol. The summed E-state index contributed by atoms with van der Waals surface area (Å²) in [6.45, 7) is 6.32. The number of methoxy groups -OCH3 is 2. The van der Waals surface area contributed by atoms with E-state index in [9.17, 15) is 19.7 Å². The van der Waals surface area contributed by atoms with E-state index in [1.807, 2.05) is 0 Å². The molecule has 1 rings (SSSR count). The molecule has 0 fully saturated rings. The van der Waals surface area contributed by atoms with Gasteiger partial charge in [0.1, 0.15) is 23.1 Å². The third-order valence-electron chi connectivity index (χ3n) is 3.16. The quantitative estimate of drug-likeness (QED) is 0.454. The molecule has 0 saturated carbocycles. The molecule has 0 radical (unpaired) electrons. The van der Waals surface area contributed by atoms with E-state index in [1.54, 1.807) is 20.8 Å². The first-order chi connectivity index (χ1) is 11.5. The molecule has 0 aromatic heterocycles. The maximum absolute atomic E-state index is 12.6. The first-order valence-corrected chi connectivity index (χ1v) is 7.44. The molecule has 0 spiro atoms. The number of carbonyl (C=O) groups is 2. The highest BCUT2D eigenvalue weighted by atomic mass is 16.6. The molecule has 1 unspecified atom stereocenters. The Morgan fingerprint density at radius 1 is 1.24 bits per heavy atom. The number of ether oxygens (including phenoxy) is 3. The Bertz CT molecular complexity index is 667. The Hall–Kier alpha value is -2.84. The number of carbonyl (C=O) groups excluding carboxylic acids is 2. The van der Waals surface area contributed by atoms with Gasteiger partial charge in [0.25, 0.3) is 5.69 Å². The molecule has 0 heterocycles. The molecule has 0 aliphatic rings. The van der Waals surface area contributed by atoms with Crippen LogP contribution in [0.25, 0.3) is 0 Å². The van der Waals surface area contributed by atoms with Crippen LogP contribution in [-0.4, -0.2) is 42.8 Å². The first-order valence-electron chi connectivity index (χ1n) is 7.44. The third-order valence-corrected chi connectivity index (χ3v) is 3.16. The number of benzene rings is 1. The normalized spacial score (nSPS) is 12.1. The Kier molecular flexibility index (Phi) is 6.32. The van der Waals surface area contributed by atoms with E-state index in [1.165, 1.54) is 32.2 Å². The van der Waals surface area contributed by atoms with Gasteiger partial charge in [-0.3, -0.25) is 15.0 Å². The molecule has 1 aromatic rings. The predicted molar refractivity (Wildman–Crippen MR) is 89.8 cm³/mol. The minimum atomic E-state index is -1.15. The summed E-state index contributed by atoms with van der Waals surface area (Å²) < 4.78 is 15.0. The van der Waals surface area contributed by atoms with Gasteiger partial charge in [0, 0.05) is 12.1 Å². The van der Waals surface area contributed by atoms with Crippen molar-refractivity contribution in [1.29, 1.82) is 0 Å². The summed E-state index contributed by atoms with van der Waals surface area (Å²) in [7, 11) is 2.54. The molecule has 9 nitrogen and oxygen atoms in total. The van der Waals surface area contributed by atoms with Crippen LogP contribution < -0.4 is 9.64 Å². The molecule has 138 valence electrons. The largest absolute Gasteiger partial charge is 0.497 e.